The van der Waals surface area contributed by atoms with Crippen molar-refractivity contribution in [3.8, 4) is 39.8 Å². The molecule has 8 rings (SSSR count). The molecule has 5 heterocycles. The summed E-state index contributed by atoms with van der Waals surface area (Å²) in [5.74, 6) is -0.153. The number of ether oxygens (including phenoxy) is 2. The van der Waals surface area contributed by atoms with Gasteiger partial charge in [-0.15, -0.1) is 0 Å². The Morgan fingerprint density at radius 2 is 1.73 bits per heavy atom. The van der Waals surface area contributed by atoms with Crippen molar-refractivity contribution >= 4 is 44.4 Å². The number of nitrogens with one attached hydrogen (secondary N) is 3. The number of aromatic nitrogens is 4. The number of alkyl halides is 3. The van der Waals surface area contributed by atoms with Crippen molar-refractivity contribution in [3.05, 3.63) is 132 Å². The Hall–Kier alpha value is -7.32. The lowest BCUT2D eigenvalue weighted by Crippen LogP contribution is -2.39. The SMILES string of the molecule is CN1C(=O)C[C@H](C(=O)NCCOCCC(=O)N2CCC(CCNCc3cc(-c4cc(-c5cccc(C(F)(F)F)c5)ccc4Oc4ccc(S(=O)(=O)Nc5ncns5)cc4C#N)ccn3)CC2)[C@H]1c1cccnc1. The van der Waals surface area contributed by atoms with Crippen LogP contribution in [-0.2, 0) is 41.9 Å². The summed E-state index contributed by atoms with van der Waals surface area (Å²) in [6.45, 7) is 3.08. The van der Waals surface area contributed by atoms with Crippen LogP contribution in [0.1, 0.15) is 60.5 Å². The lowest BCUT2D eigenvalue weighted by atomic mass is 9.93. The molecule has 3 aromatic heterocycles. The van der Waals surface area contributed by atoms with Crippen LogP contribution < -0.4 is 20.1 Å². The van der Waals surface area contributed by atoms with Crippen LogP contribution in [0.4, 0.5) is 18.3 Å². The third kappa shape index (κ3) is 13.2. The van der Waals surface area contributed by atoms with Crippen LogP contribution in [0.15, 0.2) is 115 Å². The van der Waals surface area contributed by atoms with E-state index in [0.717, 1.165) is 48.5 Å². The third-order valence-corrected chi connectivity index (χ3v) is 14.8. The molecule has 0 unspecified atom stereocenters. The number of pyridine rings is 2. The van der Waals surface area contributed by atoms with Gasteiger partial charge >= 0.3 is 6.18 Å². The summed E-state index contributed by atoms with van der Waals surface area (Å²) in [5.41, 5.74) is 2.49. The minimum Gasteiger partial charge on any atom is -0.455 e. The molecule has 2 aliphatic rings. The van der Waals surface area contributed by atoms with E-state index in [1.165, 1.54) is 30.6 Å². The van der Waals surface area contributed by atoms with E-state index >= 15 is 0 Å². The first kappa shape index (κ1) is 52.0. The molecule has 3 amide bonds. The number of likely N-dealkylation sites (tertiary alicyclic amines) is 2. The van der Waals surface area contributed by atoms with Crippen molar-refractivity contribution in [2.45, 2.75) is 55.8 Å². The van der Waals surface area contributed by atoms with Crippen LogP contribution in [-0.4, -0.2) is 102 Å². The predicted octanol–water partition coefficient (Wildman–Crippen LogP) is 7.61. The smallest absolute Gasteiger partial charge is 0.416 e. The zero-order valence-electron chi connectivity index (χ0n) is 39.5. The Bertz CT molecular complexity index is 3060. The van der Waals surface area contributed by atoms with E-state index in [2.05, 4.69) is 34.7 Å². The van der Waals surface area contributed by atoms with Gasteiger partial charge in [0.2, 0.25) is 22.9 Å². The molecule has 2 saturated heterocycles. The van der Waals surface area contributed by atoms with Gasteiger partial charge in [-0.25, -0.2) is 13.4 Å². The number of piperidine rings is 1. The second kappa shape index (κ2) is 23.5. The Kier molecular flexibility index (Phi) is 16.7. The normalized spacial score (nSPS) is 16.3. The van der Waals surface area contributed by atoms with Gasteiger partial charge in [-0.1, -0.05) is 24.3 Å². The van der Waals surface area contributed by atoms with Crippen molar-refractivity contribution in [2.24, 2.45) is 11.8 Å². The lowest BCUT2D eigenvalue weighted by molar-refractivity contribution is -0.137. The van der Waals surface area contributed by atoms with Crippen LogP contribution in [0, 0.1) is 23.2 Å². The van der Waals surface area contributed by atoms with E-state index in [1.54, 1.807) is 66.9 Å². The predicted molar refractivity (Wildman–Crippen MR) is 264 cm³/mol. The fourth-order valence-electron chi connectivity index (χ4n) is 8.91. The number of benzene rings is 3. The Morgan fingerprint density at radius 3 is 2.48 bits per heavy atom. The maximum atomic E-state index is 13.7. The summed E-state index contributed by atoms with van der Waals surface area (Å²) in [6.07, 6.45) is 4.50. The molecule has 0 spiro atoms. The highest BCUT2D eigenvalue weighted by Crippen LogP contribution is 2.40. The first-order valence-corrected chi connectivity index (χ1v) is 25.7. The topological polar surface area (TPSA) is 222 Å². The van der Waals surface area contributed by atoms with Gasteiger partial charge < -0.3 is 29.9 Å². The summed E-state index contributed by atoms with van der Waals surface area (Å²) >= 11 is 0.846. The molecule has 0 saturated carbocycles. The zero-order valence-corrected chi connectivity index (χ0v) is 41.2. The van der Waals surface area contributed by atoms with E-state index in [-0.39, 0.29) is 83.5 Å². The lowest BCUT2D eigenvalue weighted by Gasteiger charge is -2.32. The number of sulfonamides is 1. The van der Waals surface area contributed by atoms with Crippen molar-refractivity contribution in [1.82, 2.24) is 39.8 Å². The highest BCUT2D eigenvalue weighted by molar-refractivity contribution is 7.93. The van der Waals surface area contributed by atoms with Crippen LogP contribution in [0.25, 0.3) is 22.3 Å². The maximum Gasteiger partial charge on any atom is 0.416 e. The van der Waals surface area contributed by atoms with E-state index in [4.69, 9.17) is 9.47 Å². The molecule has 2 atom stereocenters. The monoisotopic (exact) mass is 1040 g/mol. The van der Waals surface area contributed by atoms with Crippen LogP contribution in [0.2, 0.25) is 0 Å². The highest BCUT2D eigenvalue weighted by atomic mass is 32.2. The number of hydrogen-bond donors (Lipinski definition) is 3. The molecule has 3 N–H and O–H groups in total. The number of carbonyl (C=O) groups excluding carboxylic acids is 3. The van der Waals surface area contributed by atoms with Crippen molar-refractivity contribution in [2.75, 3.05) is 51.2 Å². The molecular formula is C51H51F3N10O7S2. The second-order valence-electron chi connectivity index (χ2n) is 17.5. The summed E-state index contributed by atoms with van der Waals surface area (Å²) in [6, 6.07) is 22.5. The standard InChI is InChI=1S/C51H51F3N10O7S2/c1-63-47(66)28-43(48(63)37-5-3-16-56-30-37)49(67)59-19-23-70-22-15-46(65)64-20-13-33(14-21-64)11-17-57-31-40-25-36(12-18-58-40)42-27-35(34-4-2-6-39(24-34)51(52,53)54)7-9-45(42)71-44-10-8-41(26-38(44)29-55)73(68,69)62-50-60-32-61-72-50/h2-10,12,16,18,24-27,30,32-33,43,48,57H,11,13-15,17,19-23,28,31H2,1H3,(H,59,67)(H,60,61,62)/t43-,48+/m0/s1. The van der Waals surface area contributed by atoms with Gasteiger partial charge in [0.25, 0.3) is 10.0 Å². The fraction of sp³-hybridized carbons (Fsp3) is 0.333. The van der Waals surface area contributed by atoms with Gasteiger partial charge in [-0.3, -0.25) is 29.1 Å². The number of nitrogens with zero attached hydrogens (tertiary/aromatic N) is 7. The third-order valence-electron chi connectivity index (χ3n) is 12.8. The maximum absolute atomic E-state index is 13.7. The van der Waals surface area contributed by atoms with Crippen molar-refractivity contribution in [1.29, 1.82) is 5.26 Å². The van der Waals surface area contributed by atoms with E-state index in [9.17, 15) is 41.2 Å². The van der Waals surface area contributed by atoms with Crippen molar-refractivity contribution < 1.29 is 45.4 Å². The number of amides is 3. The first-order chi connectivity index (χ1) is 35.2. The number of rotatable bonds is 20. The molecule has 73 heavy (non-hydrogen) atoms. The number of halogens is 3. The largest absolute Gasteiger partial charge is 0.455 e. The number of hydrogen-bond acceptors (Lipinski definition) is 14. The van der Waals surface area contributed by atoms with Gasteiger partial charge in [-0.05, 0) is 115 Å². The minimum absolute atomic E-state index is 0.0141. The summed E-state index contributed by atoms with van der Waals surface area (Å²) in [5, 5.41) is 16.5. The molecule has 2 fully saturated rings. The molecule has 0 bridgehead atoms. The van der Waals surface area contributed by atoms with Gasteiger partial charge in [0.15, 0.2) is 0 Å². The second-order valence-corrected chi connectivity index (χ2v) is 20.0. The van der Waals surface area contributed by atoms with Gasteiger partial charge in [0.05, 0.1) is 53.3 Å². The molecule has 0 radical (unpaired) electrons. The average molecular weight is 1040 g/mol. The Morgan fingerprint density at radius 1 is 0.918 bits per heavy atom. The molecule has 380 valence electrons. The Labute approximate surface area is 424 Å². The molecule has 3 aromatic carbocycles. The zero-order chi connectivity index (χ0) is 51.5. The molecule has 6 aromatic rings. The number of nitriles is 1. The molecule has 22 heteroatoms. The van der Waals surface area contributed by atoms with E-state index in [0.29, 0.717) is 60.0 Å². The molecule has 17 nitrogen and oxygen atoms in total. The summed E-state index contributed by atoms with van der Waals surface area (Å²) < 4.78 is 85.5. The van der Waals surface area contributed by atoms with Gasteiger partial charge in [0.1, 0.15) is 23.9 Å². The highest BCUT2D eigenvalue weighted by Gasteiger charge is 2.42. The number of anilines is 1. The molecule has 0 aliphatic carbocycles. The minimum atomic E-state index is -4.56. The first-order valence-electron chi connectivity index (χ1n) is 23.4. The fourth-order valence-corrected chi connectivity index (χ4v) is 10.6. The van der Waals surface area contributed by atoms with Crippen LogP contribution >= 0.6 is 11.5 Å². The summed E-state index contributed by atoms with van der Waals surface area (Å²) in [7, 11) is -2.44. The molecular weight excluding hydrogens is 986 g/mol. The Balaban J connectivity index is 0.826. The van der Waals surface area contributed by atoms with Gasteiger partial charge in [-0.2, -0.15) is 22.8 Å². The summed E-state index contributed by atoms with van der Waals surface area (Å²) in [4.78, 5) is 54.2. The average Bonchev–Trinajstić information content (AvgIpc) is 4.02. The van der Waals surface area contributed by atoms with Gasteiger partial charge in [0, 0.05) is 75.3 Å². The van der Waals surface area contributed by atoms with E-state index < -0.39 is 27.7 Å². The van der Waals surface area contributed by atoms with Crippen LogP contribution in [0.5, 0.6) is 11.5 Å². The molecule has 2 aliphatic heterocycles. The van der Waals surface area contributed by atoms with Crippen molar-refractivity contribution in [3.63, 3.8) is 0 Å². The number of carbonyl (C=O) groups is 3. The quantitative estimate of drug-likeness (QED) is 0.0628. The van der Waals surface area contributed by atoms with E-state index in [1.807, 2.05) is 23.1 Å². The van der Waals surface area contributed by atoms with Crippen LogP contribution in [0.3, 0.4) is 0 Å².